The summed E-state index contributed by atoms with van der Waals surface area (Å²) in [6.07, 6.45) is 2.61. The number of amides is 3. The van der Waals surface area contributed by atoms with Crippen molar-refractivity contribution >= 4 is 17.7 Å². The number of nitrogens with two attached hydrogens (primary N) is 1. The fraction of sp³-hybridized carbons (Fsp3) is 0.550. The largest absolute Gasteiger partial charge is 0.390 e. The van der Waals surface area contributed by atoms with Crippen molar-refractivity contribution in [2.75, 3.05) is 65.9 Å². The van der Waals surface area contributed by atoms with Crippen LogP contribution in [0.1, 0.15) is 97.3 Å². The van der Waals surface area contributed by atoms with Crippen molar-refractivity contribution in [2.24, 2.45) is 5.90 Å². The molecule has 3 amide bonds. The molecule has 18 nitrogen and oxygen atoms in total. The minimum Gasteiger partial charge on any atom is -0.390 e. The Morgan fingerprint density at radius 1 is 0.551 bits per heavy atom. The Balaban J connectivity index is 2.83. The average Bonchev–Trinajstić information content (AvgIpc) is 3.44. The first-order valence-electron chi connectivity index (χ1n) is 25.5. The van der Waals surface area contributed by atoms with E-state index >= 15 is 0 Å². The molecule has 414 valence electrons. The highest BCUT2D eigenvalue weighted by Crippen LogP contribution is 2.23. The first kappa shape index (κ1) is 68.7. The van der Waals surface area contributed by atoms with Crippen LogP contribution in [0.4, 0.5) is 0 Å². The lowest BCUT2D eigenvalue weighted by Crippen LogP contribution is -2.61. The third kappa shape index (κ3) is 38.2. The number of ether oxygens (including phenoxy) is 5. The summed E-state index contributed by atoms with van der Waals surface area (Å²) in [6.45, 7) is 3.63. The molecule has 0 aromatic carbocycles. The summed E-state index contributed by atoms with van der Waals surface area (Å²) in [5.41, 5.74) is 0. The number of hydrogen-bond donors (Lipinski definition) is 9. The predicted molar refractivity (Wildman–Crippen MR) is 290 cm³/mol. The number of rotatable bonds is 34. The molecular formula is C60H70N4O14. The zero-order valence-electron chi connectivity index (χ0n) is 44.4. The van der Waals surface area contributed by atoms with Crippen molar-refractivity contribution in [3.8, 4) is 142 Å². The number of carbonyl (C=O) groups excluding carboxylic acids is 3. The van der Waals surface area contributed by atoms with Crippen LogP contribution >= 0.6 is 0 Å². The van der Waals surface area contributed by atoms with Crippen molar-refractivity contribution in [1.29, 1.82) is 0 Å². The molecular weight excluding hydrogens is 1000 g/mol. The number of aliphatic hydroxyl groups is 5. The summed E-state index contributed by atoms with van der Waals surface area (Å²) in [4.78, 5) is 40.9. The summed E-state index contributed by atoms with van der Waals surface area (Å²) in [7, 11) is 0. The van der Waals surface area contributed by atoms with Gasteiger partial charge in [0.2, 0.25) is 11.8 Å². The molecule has 0 saturated carbocycles. The van der Waals surface area contributed by atoms with Gasteiger partial charge in [0, 0.05) is 54.5 Å². The minimum absolute atomic E-state index is 0.0713. The summed E-state index contributed by atoms with van der Waals surface area (Å²) < 4.78 is 27.5. The highest BCUT2D eigenvalue weighted by atomic mass is 16.7. The van der Waals surface area contributed by atoms with E-state index < -0.39 is 67.4 Å². The highest BCUT2D eigenvalue weighted by molar-refractivity contribution is 5.94. The van der Waals surface area contributed by atoms with Gasteiger partial charge in [-0.05, 0) is 108 Å². The van der Waals surface area contributed by atoms with Gasteiger partial charge >= 0.3 is 0 Å². The highest BCUT2D eigenvalue weighted by Gasteiger charge is 2.45. The number of carbonyl (C=O) groups is 3. The van der Waals surface area contributed by atoms with Crippen LogP contribution in [-0.2, 0) is 42.9 Å². The van der Waals surface area contributed by atoms with Crippen molar-refractivity contribution in [3.63, 3.8) is 0 Å². The Morgan fingerprint density at radius 2 is 1.00 bits per heavy atom. The van der Waals surface area contributed by atoms with Crippen LogP contribution in [0.5, 0.6) is 0 Å². The second kappa shape index (κ2) is 49.2. The maximum Gasteiger partial charge on any atom is 0.297 e. The minimum atomic E-state index is -1.79. The Bertz CT molecular complexity index is 2620. The van der Waals surface area contributed by atoms with Gasteiger partial charge < -0.3 is 65.2 Å². The van der Waals surface area contributed by atoms with Crippen molar-refractivity contribution in [1.82, 2.24) is 16.0 Å². The smallest absolute Gasteiger partial charge is 0.297 e. The van der Waals surface area contributed by atoms with Gasteiger partial charge in [-0.2, -0.15) is 0 Å². The molecule has 1 aliphatic heterocycles. The maximum absolute atomic E-state index is 13.0. The first-order valence-corrected chi connectivity index (χ1v) is 25.5. The molecule has 8 atom stereocenters. The molecule has 0 bridgehead atoms. The first-order chi connectivity index (χ1) is 38.0. The molecule has 0 spiro atoms. The second-order valence-electron chi connectivity index (χ2n) is 16.5. The molecule has 1 fully saturated rings. The van der Waals surface area contributed by atoms with Crippen LogP contribution in [-0.4, -0.2) is 158 Å². The normalized spacial score (nSPS) is 16.2. The Kier molecular flexibility index (Phi) is 43.3. The van der Waals surface area contributed by atoms with Crippen LogP contribution in [0.2, 0.25) is 0 Å². The van der Waals surface area contributed by atoms with Gasteiger partial charge in [0.25, 0.3) is 5.91 Å². The van der Waals surface area contributed by atoms with E-state index in [9.17, 15) is 39.9 Å². The summed E-state index contributed by atoms with van der Waals surface area (Å²) in [6, 6.07) is -1.31. The number of unbranched alkanes of at least 4 members (excludes halogenated alkanes) is 11. The van der Waals surface area contributed by atoms with Crippen LogP contribution in [0.25, 0.3) is 0 Å². The molecule has 1 rings (SSSR count). The molecule has 1 saturated heterocycles. The lowest BCUT2D eigenvalue weighted by molar-refractivity contribution is -0.297. The summed E-state index contributed by atoms with van der Waals surface area (Å²) in [5.74, 6) is 62.3. The van der Waals surface area contributed by atoms with E-state index in [1.165, 1.54) is 44.9 Å². The van der Waals surface area contributed by atoms with Gasteiger partial charge in [0.1, 0.15) is 43.7 Å². The zero-order valence-corrected chi connectivity index (χ0v) is 44.4. The van der Waals surface area contributed by atoms with E-state index in [4.69, 9.17) is 29.6 Å². The van der Waals surface area contributed by atoms with Crippen LogP contribution in [0.15, 0.2) is 0 Å². The van der Waals surface area contributed by atoms with Crippen LogP contribution in [0, 0.1) is 142 Å². The van der Waals surface area contributed by atoms with E-state index in [0.29, 0.717) is 6.42 Å². The lowest BCUT2D eigenvalue weighted by atomic mass is 9.98. The fourth-order valence-corrected chi connectivity index (χ4v) is 6.52. The molecule has 78 heavy (non-hydrogen) atoms. The fourth-order valence-electron chi connectivity index (χ4n) is 6.52. The molecule has 0 aromatic heterocycles. The monoisotopic (exact) mass is 1070 g/mol. The topological polar surface area (TPSA) is 270 Å². The van der Waals surface area contributed by atoms with Gasteiger partial charge in [-0.3, -0.25) is 19.2 Å². The molecule has 1 heterocycles. The Morgan fingerprint density at radius 3 is 1.50 bits per heavy atom. The number of nitrogens with one attached hydrogen (secondary N) is 3. The predicted octanol–water partition coefficient (Wildman–Crippen LogP) is -0.658. The third-order valence-electron chi connectivity index (χ3n) is 10.5. The quantitative estimate of drug-likeness (QED) is 0.0220. The van der Waals surface area contributed by atoms with Crippen molar-refractivity contribution in [3.05, 3.63) is 0 Å². The van der Waals surface area contributed by atoms with Crippen LogP contribution < -0.4 is 21.8 Å². The number of aliphatic hydroxyl groups excluding tert-OH is 5. The van der Waals surface area contributed by atoms with E-state index in [2.05, 4.69) is 170 Å². The lowest BCUT2D eigenvalue weighted by Gasteiger charge is -2.41. The van der Waals surface area contributed by atoms with Gasteiger partial charge in [-0.15, -0.1) is 0 Å². The zero-order chi connectivity index (χ0) is 56.9. The second-order valence-corrected chi connectivity index (χ2v) is 16.5. The number of hydrogen-bond acceptors (Lipinski definition) is 15. The molecule has 0 aliphatic carbocycles. The maximum atomic E-state index is 13.0. The molecule has 10 N–H and O–H groups in total. The Labute approximate surface area is 460 Å². The van der Waals surface area contributed by atoms with Gasteiger partial charge in [0.05, 0.1) is 51.8 Å². The van der Waals surface area contributed by atoms with Crippen molar-refractivity contribution in [2.45, 2.75) is 146 Å². The van der Waals surface area contributed by atoms with Gasteiger partial charge in [0.15, 0.2) is 6.29 Å². The van der Waals surface area contributed by atoms with Gasteiger partial charge in [-0.25, -0.2) is 5.90 Å². The van der Waals surface area contributed by atoms with Gasteiger partial charge in [-0.1, -0.05) is 89.9 Å². The standard InChI is InChI=1S/C60H70N4O14/c1-3-5-7-9-11-13-15-17-18-19-20-21-22-23-24-25-26-27-29-31-33-35-37-39-53(66)64-50(56(69)51(65)38-36-34-32-30-28-16-14-12-10-8-6-4-2)47-76-60-59(72)58(71)57(70)52(78-60)46-63-54(67)48-75-45-44-74-43-42-73-41-40-62-55(68)49-77-61/h50-52,56-60,65,69-72H,4,6,8,10,12,14,16,28,30,32,34,36,38,40-49,61H2,1-2H3,(H,62,68)(H,63,67)(H,64,66)/t50-,51+,52+,56-,57-,58-,59+,60-/m0/s1. The summed E-state index contributed by atoms with van der Waals surface area (Å²) in [5, 5.41) is 62.0. The molecule has 0 aromatic rings. The van der Waals surface area contributed by atoms with Crippen molar-refractivity contribution < 1.29 is 68.4 Å². The molecule has 0 radical (unpaired) electrons. The van der Waals surface area contributed by atoms with E-state index in [1.807, 2.05) is 0 Å². The molecule has 18 heteroatoms. The third-order valence-corrected chi connectivity index (χ3v) is 10.5. The van der Waals surface area contributed by atoms with E-state index in [0.717, 1.165) is 25.7 Å². The van der Waals surface area contributed by atoms with Crippen LogP contribution in [0.3, 0.4) is 0 Å². The van der Waals surface area contributed by atoms with E-state index in [1.54, 1.807) is 6.92 Å². The average molecular weight is 1070 g/mol. The molecule has 1 aliphatic rings. The molecule has 0 unspecified atom stereocenters. The van der Waals surface area contributed by atoms with E-state index in [-0.39, 0.29) is 71.7 Å². The SMILES string of the molecule is CC#CC#CC#CC#CC#CC#CC#CC#CC#CC#CC#CC#CC(=O)N[C@@H](CO[C@H]1O[C@H](CNC(=O)COCCOCCOCCNC(=O)CON)[C@H](O)[C@H](O)[C@H]1O)[C@H](O)[C@H](O)CCCCCCCCCCCCCC. The Hall–Kier alpha value is -7.35. The summed E-state index contributed by atoms with van der Waals surface area (Å²) >= 11 is 0.